The van der Waals surface area contributed by atoms with Crippen LogP contribution in [-0.4, -0.2) is 11.2 Å². The predicted octanol–water partition coefficient (Wildman–Crippen LogP) is 3.28. The van der Waals surface area contributed by atoms with E-state index in [0.29, 0.717) is 22.9 Å². The third-order valence-corrected chi connectivity index (χ3v) is 3.12. The Morgan fingerprint density at radius 1 is 1.35 bits per heavy atom. The molecule has 4 heteroatoms. The molecule has 3 N–H and O–H groups in total. The topological polar surface area (TPSA) is 46.2 Å². The van der Waals surface area contributed by atoms with Gasteiger partial charge in [0, 0.05) is 5.02 Å². The van der Waals surface area contributed by atoms with Crippen LogP contribution >= 0.6 is 11.6 Å². The van der Waals surface area contributed by atoms with Crippen molar-refractivity contribution >= 4 is 11.6 Å². The van der Waals surface area contributed by atoms with Crippen molar-refractivity contribution in [2.24, 2.45) is 11.7 Å². The van der Waals surface area contributed by atoms with Gasteiger partial charge in [-0.25, -0.2) is 4.39 Å². The number of rotatable bonds is 5. The highest BCUT2D eigenvalue weighted by molar-refractivity contribution is 6.31. The zero-order valence-corrected chi connectivity index (χ0v) is 10.9. The first-order valence-electron chi connectivity index (χ1n) is 5.80. The Bertz CT molecular complexity index is 370. The van der Waals surface area contributed by atoms with Crippen LogP contribution in [0.3, 0.4) is 0 Å². The molecule has 0 aromatic heterocycles. The number of aliphatic hydroxyl groups excluding tert-OH is 1. The average molecular weight is 260 g/mol. The summed E-state index contributed by atoms with van der Waals surface area (Å²) in [5.41, 5.74) is 6.35. The van der Waals surface area contributed by atoms with Crippen LogP contribution in [0.15, 0.2) is 18.2 Å². The quantitative estimate of drug-likeness (QED) is 0.853. The van der Waals surface area contributed by atoms with Crippen LogP contribution in [0.5, 0.6) is 0 Å². The number of benzene rings is 1. The van der Waals surface area contributed by atoms with Crippen LogP contribution in [0.4, 0.5) is 4.39 Å². The highest BCUT2D eigenvalue weighted by atomic mass is 35.5. The molecule has 1 aromatic rings. The number of aliphatic hydroxyl groups is 1. The zero-order valence-electron chi connectivity index (χ0n) is 10.2. The average Bonchev–Trinajstić information content (AvgIpc) is 2.28. The van der Waals surface area contributed by atoms with Gasteiger partial charge in [-0.2, -0.15) is 0 Å². The van der Waals surface area contributed by atoms with Crippen LogP contribution in [-0.2, 0) is 0 Å². The van der Waals surface area contributed by atoms with Crippen molar-refractivity contribution in [1.29, 1.82) is 0 Å². The molecule has 0 fully saturated rings. The number of hydrogen-bond acceptors (Lipinski definition) is 2. The summed E-state index contributed by atoms with van der Waals surface area (Å²) in [6.07, 6.45) is 0.768. The lowest BCUT2D eigenvalue weighted by atomic mass is 9.96. The van der Waals surface area contributed by atoms with Crippen LogP contribution in [0, 0.1) is 11.7 Å². The third-order valence-electron chi connectivity index (χ3n) is 2.77. The lowest BCUT2D eigenvalue weighted by Gasteiger charge is -2.21. The Hall–Kier alpha value is -0.640. The maximum Gasteiger partial charge on any atom is 0.123 e. The fourth-order valence-corrected chi connectivity index (χ4v) is 1.90. The number of nitrogens with two attached hydrogens (primary N) is 1. The van der Waals surface area contributed by atoms with E-state index in [-0.39, 0.29) is 0 Å². The first-order valence-corrected chi connectivity index (χ1v) is 6.18. The summed E-state index contributed by atoms with van der Waals surface area (Å²) in [7, 11) is 0. The van der Waals surface area contributed by atoms with E-state index in [4.69, 9.17) is 17.3 Å². The van der Waals surface area contributed by atoms with Gasteiger partial charge >= 0.3 is 0 Å². The minimum Gasteiger partial charge on any atom is -0.391 e. The molecule has 1 aromatic carbocycles. The standard InChI is InChI=1S/C13H19ClFNO/c1-8(2)3-6-12(17)13(16)10-7-9(15)4-5-11(10)14/h4-5,7-8,12-13,17H,3,6,16H2,1-2H3/t12-,13+/m0/s1. The Morgan fingerprint density at radius 3 is 2.59 bits per heavy atom. The molecule has 0 radical (unpaired) electrons. The molecule has 0 aliphatic carbocycles. The maximum absolute atomic E-state index is 13.1. The van der Waals surface area contributed by atoms with E-state index < -0.39 is 18.0 Å². The van der Waals surface area contributed by atoms with Gasteiger partial charge in [0.05, 0.1) is 12.1 Å². The molecule has 17 heavy (non-hydrogen) atoms. The van der Waals surface area contributed by atoms with Gasteiger partial charge in [-0.15, -0.1) is 0 Å². The minimum atomic E-state index is -0.698. The van der Waals surface area contributed by atoms with Gasteiger partial charge < -0.3 is 10.8 Å². The maximum atomic E-state index is 13.1. The minimum absolute atomic E-state index is 0.391. The van der Waals surface area contributed by atoms with E-state index in [1.807, 2.05) is 0 Å². The molecule has 1 rings (SSSR count). The molecule has 96 valence electrons. The zero-order chi connectivity index (χ0) is 13.0. The molecule has 0 amide bonds. The fourth-order valence-electron chi connectivity index (χ4n) is 1.66. The van der Waals surface area contributed by atoms with Crippen molar-refractivity contribution in [3.8, 4) is 0 Å². The molecule has 2 atom stereocenters. The van der Waals surface area contributed by atoms with E-state index in [9.17, 15) is 9.50 Å². The number of hydrogen-bond donors (Lipinski definition) is 2. The molecule has 0 aliphatic rings. The van der Waals surface area contributed by atoms with E-state index in [1.165, 1.54) is 18.2 Å². The summed E-state index contributed by atoms with van der Waals surface area (Å²) in [4.78, 5) is 0. The molecular formula is C13H19ClFNO. The lowest BCUT2D eigenvalue weighted by molar-refractivity contribution is 0.128. The normalized spacial score (nSPS) is 15.0. The van der Waals surface area contributed by atoms with E-state index in [2.05, 4.69) is 13.8 Å². The molecule has 0 unspecified atom stereocenters. The predicted molar refractivity (Wildman–Crippen MR) is 68.4 cm³/mol. The molecule has 0 saturated carbocycles. The van der Waals surface area contributed by atoms with E-state index in [1.54, 1.807) is 0 Å². The summed E-state index contributed by atoms with van der Waals surface area (Å²) in [6.45, 7) is 4.15. The Labute approximate surface area is 107 Å². The summed E-state index contributed by atoms with van der Waals surface area (Å²) in [5.74, 6) is 0.107. The van der Waals surface area contributed by atoms with Crippen molar-refractivity contribution < 1.29 is 9.50 Å². The van der Waals surface area contributed by atoms with Gasteiger partial charge in [0.1, 0.15) is 5.82 Å². The molecule has 0 aliphatic heterocycles. The first kappa shape index (κ1) is 14.4. The molecular weight excluding hydrogens is 241 g/mol. The van der Waals surface area contributed by atoms with Crippen molar-refractivity contribution in [3.63, 3.8) is 0 Å². The highest BCUT2D eigenvalue weighted by Gasteiger charge is 2.19. The summed E-state index contributed by atoms with van der Waals surface area (Å²) in [6, 6.07) is 3.38. The highest BCUT2D eigenvalue weighted by Crippen LogP contribution is 2.26. The molecule has 0 bridgehead atoms. The van der Waals surface area contributed by atoms with Crippen LogP contribution in [0.25, 0.3) is 0 Å². The van der Waals surface area contributed by atoms with Gasteiger partial charge in [-0.1, -0.05) is 25.4 Å². The SMILES string of the molecule is CC(C)CC[C@H](O)[C@H](N)c1cc(F)ccc1Cl. The van der Waals surface area contributed by atoms with Gasteiger partial charge in [-0.05, 0) is 42.5 Å². The second kappa shape index (κ2) is 6.34. The van der Waals surface area contributed by atoms with E-state index >= 15 is 0 Å². The number of halogens is 2. The summed E-state index contributed by atoms with van der Waals surface area (Å²) >= 11 is 5.94. The van der Waals surface area contributed by atoms with Crippen LogP contribution in [0.2, 0.25) is 5.02 Å². The second-order valence-corrected chi connectivity index (χ2v) is 5.14. The Balaban J connectivity index is 2.74. The van der Waals surface area contributed by atoms with Crippen molar-refractivity contribution in [1.82, 2.24) is 0 Å². The second-order valence-electron chi connectivity index (χ2n) is 4.73. The van der Waals surface area contributed by atoms with Crippen LogP contribution < -0.4 is 5.73 Å². The van der Waals surface area contributed by atoms with Crippen molar-refractivity contribution in [3.05, 3.63) is 34.6 Å². The van der Waals surface area contributed by atoms with Gasteiger partial charge in [0.25, 0.3) is 0 Å². The molecule has 0 saturated heterocycles. The molecule has 0 spiro atoms. The Kier molecular flexibility index (Phi) is 5.37. The van der Waals surface area contributed by atoms with Crippen molar-refractivity contribution in [2.75, 3.05) is 0 Å². The summed E-state index contributed by atoms with van der Waals surface area (Å²) in [5, 5.41) is 10.3. The van der Waals surface area contributed by atoms with Crippen LogP contribution in [0.1, 0.15) is 38.3 Å². The van der Waals surface area contributed by atoms with Crippen molar-refractivity contribution in [2.45, 2.75) is 38.8 Å². The molecule has 2 nitrogen and oxygen atoms in total. The Morgan fingerprint density at radius 2 is 2.00 bits per heavy atom. The van der Waals surface area contributed by atoms with Gasteiger partial charge in [0.2, 0.25) is 0 Å². The summed E-state index contributed by atoms with van der Waals surface area (Å²) < 4.78 is 13.1. The van der Waals surface area contributed by atoms with E-state index in [0.717, 1.165) is 6.42 Å². The molecule has 0 heterocycles. The third kappa shape index (κ3) is 4.26. The first-order chi connectivity index (χ1) is 7.91. The van der Waals surface area contributed by atoms with Gasteiger partial charge in [0.15, 0.2) is 0 Å². The smallest absolute Gasteiger partial charge is 0.123 e. The largest absolute Gasteiger partial charge is 0.391 e. The fraction of sp³-hybridized carbons (Fsp3) is 0.538. The lowest BCUT2D eigenvalue weighted by Crippen LogP contribution is -2.27. The monoisotopic (exact) mass is 259 g/mol. The van der Waals surface area contributed by atoms with Gasteiger partial charge in [-0.3, -0.25) is 0 Å².